The summed E-state index contributed by atoms with van der Waals surface area (Å²) in [6.07, 6.45) is 2.06. The molecule has 0 spiro atoms. The number of nitrogens with one attached hydrogen (secondary N) is 1. The van der Waals surface area contributed by atoms with Crippen LogP contribution in [0.2, 0.25) is 5.02 Å². The summed E-state index contributed by atoms with van der Waals surface area (Å²) in [5, 5.41) is 3.39. The van der Waals surface area contributed by atoms with Crippen molar-refractivity contribution in [3.05, 3.63) is 100 Å². The fourth-order valence-electron chi connectivity index (χ4n) is 4.45. The Bertz CT molecular complexity index is 1430. The maximum Gasteiger partial charge on any atom is 0.244 e. The average molecular weight is 584 g/mol. The molecule has 0 radical (unpaired) electrons. The lowest BCUT2D eigenvalue weighted by Gasteiger charge is -2.34. The Morgan fingerprint density at radius 1 is 0.950 bits per heavy atom. The minimum absolute atomic E-state index is 0.0941. The van der Waals surface area contributed by atoms with E-state index in [0.717, 1.165) is 33.7 Å². The van der Waals surface area contributed by atoms with E-state index in [9.17, 15) is 18.0 Å². The Hall–Kier alpha value is -3.36. The predicted octanol–water partition coefficient (Wildman–Crippen LogP) is 5.28. The van der Waals surface area contributed by atoms with Gasteiger partial charge in [-0.05, 0) is 56.0 Å². The van der Waals surface area contributed by atoms with E-state index in [-0.39, 0.29) is 24.9 Å². The van der Waals surface area contributed by atoms with Crippen molar-refractivity contribution in [2.75, 3.05) is 17.1 Å². The third-order valence-electron chi connectivity index (χ3n) is 6.83. The van der Waals surface area contributed by atoms with Gasteiger partial charge in [-0.25, -0.2) is 8.42 Å². The molecule has 0 aliphatic rings. The second kappa shape index (κ2) is 13.8. The molecule has 0 fully saturated rings. The minimum Gasteiger partial charge on any atom is -0.352 e. The van der Waals surface area contributed by atoms with E-state index in [1.165, 1.54) is 11.0 Å². The van der Waals surface area contributed by atoms with Crippen molar-refractivity contribution >= 4 is 39.1 Å². The Morgan fingerprint density at radius 2 is 1.62 bits per heavy atom. The van der Waals surface area contributed by atoms with Crippen molar-refractivity contribution in [1.29, 1.82) is 0 Å². The molecule has 0 aliphatic heterocycles. The first-order valence-corrected chi connectivity index (χ1v) is 15.5. The summed E-state index contributed by atoms with van der Waals surface area (Å²) in [5.41, 5.74) is 3.72. The monoisotopic (exact) mass is 583 g/mol. The number of halogens is 1. The van der Waals surface area contributed by atoms with Crippen molar-refractivity contribution in [2.24, 2.45) is 0 Å². The van der Waals surface area contributed by atoms with Gasteiger partial charge in [0.25, 0.3) is 0 Å². The summed E-state index contributed by atoms with van der Waals surface area (Å²) >= 11 is 6.21. The maximum atomic E-state index is 14.2. The number of anilines is 1. The summed E-state index contributed by atoms with van der Waals surface area (Å²) in [6.45, 7) is 7.27. The average Bonchev–Trinajstić information content (AvgIpc) is 2.90. The van der Waals surface area contributed by atoms with Crippen LogP contribution in [-0.4, -0.2) is 50.0 Å². The van der Waals surface area contributed by atoms with Gasteiger partial charge in [0, 0.05) is 24.0 Å². The van der Waals surface area contributed by atoms with E-state index >= 15 is 0 Å². The van der Waals surface area contributed by atoms with Gasteiger partial charge in [-0.1, -0.05) is 84.8 Å². The quantitative estimate of drug-likeness (QED) is 0.314. The lowest BCUT2D eigenvalue weighted by Crippen LogP contribution is -2.54. The van der Waals surface area contributed by atoms with Crippen molar-refractivity contribution in [3.63, 3.8) is 0 Å². The summed E-state index contributed by atoms with van der Waals surface area (Å²) in [6, 6.07) is 21.2. The number of aryl methyl sites for hydroxylation is 2. The van der Waals surface area contributed by atoms with E-state index in [2.05, 4.69) is 5.32 Å². The summed E-state index contributed by atoms with van der Waals surface area (Å²) in [5.74, 6) is -0.782. The van der Waals surface area contributed by atoms with Gasteiger partial charge in [-0.15, -0.1) is 0 Å². The largest absolute Gasteiger partial charge is 0.352 e. The van der Waals surface area contributed by atoms with Crippen LogP contribution in [0, 0.1) is 13.8 Å². The maximum absolute atomic E-state index is 14.2. The zero-order chi connectivity index (χ0) is 29.4. The van der Waals surface area contributed by atoms with E-state index in [4.69, 9.17) is 11.6 Å². The number of hydrogen-bond donors (Lipinski definition) is 1. The van der Waals surface area contributed by atoms with Crippen LogP contribution in [0.15, 0.2) is 72.8 Å². The summed E-state index contributed by atoms with van der Waals surface area (Å²) in [7, 11) is -3.87. The van der Waals surface area contributed by atoms with Crippen molar-refractivity contribution in [2.45, 2.75) is 59.2 Å². The van der Waals surface area contributed by atoms with Crippen LogP contribution in [0.1, 0.15) is 42.5 Å². The molecule has 0 saturated heterocycles. The molecule has 7 nitrogen and oxygen atoms in total. The van der Waals surface area contributed by atoms with E-state index in [1.807, 2.05) is 75.4 Å². The number of carbonyl (C=O) groups is 2. The van der Waals surface area contributed by atoms with Gasteiger partial charge in [-0.3, -0.25) is 13.9 Å². The van der Waals surface area contributed by atoms with Gasteiger partial charge in [-0.2, -0.15) is 0 Å². The fourth-order valence-corrected chi connectivity index (χ4v) is 5.51. The molecule has 2 amide bonds. The lowest BCUT2D eigenvalue weighted by atomic mass is 10.0. The molecule has 0 unspecified atom stereocenters. The van der Waals surface area contributed by atoms with Crippen LogP contribution in [-0.2, 0) is 32.6 Å². The highest BCUT2D eigenvalue weighted by Crippen LogP contribution is 2.27. The number of sulfonamides is 1. The van der Waals surface area contributed by atoms with Gasteiger partial charge in [0.2, 0.25) is 21.8 Å². The molecular weight excluding hydrogens is 546 g/mol. The first-order valence-electron chi connectivity index (χ1n) is 13.3. The Balaban J connectivity index is 2.09. The Kier molecular flexibility index (Phi) is 10.8. The number of amides is 2. The predicted molar refractivity (Wildman–Crippen MR) is 162 cm³/mol. The summed E-state index contributed by atoms with van der Waals surface area (Å²) < 4.78 is 27.0. The van der Waals surface area contributed by atoms with Gasteiger partial charge in [0.15, 0.2) is 0 Å². The van der Waals surface area contributed by atoms with E-state index < -0.39 is 28.5 Å². The van der Waals surface area contributed by atoms with Crippen molar-refractivity contribution < 1.29 is 18.0 Å². The number of nitrogens with zero attached hydrogens (tertiary/aromatic N) is 2. The van der Waals surface area contributed by atoms with Crippen molar-refractivity contribution in [1.82, 2.24) is 10.2 Å². The number of benzene rings is 3. The first kappa shape index (κ1) is 31.2. The van der Waals surface area contributed by atoms with Crippen LogP contribution in [0.3, 0.4) is 0 Å². The van der Waals surface area contributed by atoms with Crippen LogP contribution in [0.4, 0.5) is 5.69 Å². The SMILES string of the molecule is CC[C@@H](C)NC(=O)[C@H](Cc1ccccc1)N(Cc1cccc(C)c1)C(=O)CN(c1cc(Cl)ccc1C)S(C)(=O)=O. The minimum atomic E-state index is -3.87. The number of rotatable bonds is 12. The topological polar surface area (TPSA) is 86.8 Å². The van der Waals surface area contributed by atoms with E-state index in [1.54, 1.807) is 19.1 Å². The molecule has 40 heavy (non-hydrogen) atoms. The molecule has 3 rings (SSSR count). The van der Waals surface area contributed by atoms with Gasteiger partial charge in [0.05, 0.1) is 11.9 Å². The van der Waals surface area contributed by atoms with Crippen molar-refractivity contribution in [3.8, 4) is 0 Å². The first-order chi connectivity index (χ1) is 18.9. The number of hydrogen-bond acceptors (Lipinski definition) is 4. The molecule has 0 bridgehead atoms. The van der Waals surface area contributed by atoms with Gasteiger partial charge in [0.1, 0.15) is 12.6 Å². The van der Waals surface area contributed by atoms with Crippen LogP contribution in [0.5, 0.6) is 0 Å². The van der Waals surface area contributed by atoms with Gasteiger partial charge >= 0.3 is 0 Å². The van der Waals surface area contributed by atoms with Crippen LogP contribution in [0.25, 0.3) is 0 Å². The van der Waals surface area contributed by atoms with Gasteiger partial charge < -0.3 is 10.2 Å². The third-order valence-corrected chi connectivity index (χ3v) is 8.19. The second-order valence-corrected chi connectivity index (χ2v) is 12.6. The molecule has 0 heterocycles. The molecule has 1 N–H and O–H groups in total. The highest BCUT2D eigenvalue weighted by Gasteiger charge is 2.33. The second-order valence-electron chi connectivity index (χ2n) is 10.2. The summed E-state index contributed by atoms with van der Waals surface area (Å²) in [4.78, 5) is 29.4. The van der Waals surface area contributed by atoms with Crippen LogP contribution >= 0.6 is 11.6 Å². The Morgan fingerprint density at radius 3 is 2.25 bits per heavy atom. The molecule has 3 aromatic carbocycles. The highest BCUT2D eigenvalue weighted by atomic mass is 35.5. The fraction of sp³-hybridized carbons (Fsp3) is 0.355. The lowest BCUT2D eigenvalue weighted by molar-refractivity contribution is -0.140. The molecule has 0 aromatic heterocycles. The molecular formula is C31H38ClN3O4S. The smallest absolute Gasteiger partial charge is 0.244 e. The van der Waals surface area contributed by atoms with E-state index in [0.29, 0.717) is 16.3 Å². The highest BCUT2D eigenvalue weighted by molar-refractivity contribution is 7.92. The molecule has 9 heteroatoms. The normalized spacial score (nSPS) is 12.8. The third kappa shape index (κ3) is 8.57. The molecule has 3 aromatic rings. The molecule has 0 aliphatic carbocycles. The van der Waals surface area contributed by atoms with Crippen LogP contribution < -0.4 is 9.62 Å². The number of carbonyl (C=O) groups excluding carboxylic acids is 2. The molecule has 2 atom stereocenters. The Labute approximate surface area is 243 Å². The zero-order valence-electron chi connectivity index (χ0n) is 23.7. The molecule has 214 valence electrons. The zero-order valence-corrected chi connectivity index (χ0v) is 25.3. The molecule has 0 saturated carbocycles. The standard InChI is InChI=1S/C31H38ClN3O4S/c1-6-24(4)33-31(37)29(18-25-12-8-7-9-13-25)34(20-26-14-10-11-22(2)17-26)30(36)21-35(40(5,38)39)28-19-27(32)16-15-23(28)3/h7-17,19,24,29H,6,18,20-21H2,1-5H3,(H,33,37)/t24-,29+/m1/s1.